The Morgan fingerprint density at radius 3 is 2.50 bits per heavy atom. The van der Waals surface area contributed by atoms with E-state index in [0.29, 0.717) is 0 Å². The third kappa shape index (κ3) is 1.94. The van der Waals surface area contributed by atoms with E-state index in [4.69, 9.17) is 0 Å². The molecule has 0 aliphatic heterocycles. The van der Waals surface area contributed by atoms with Crippen molar-refractivity contribution in [1.82, 2.24) is 0 Å². The first-order valence-corrected chi connectivity index (χ1v) is 5.62. The SMILES string of the molecule is CC=C=C(CC)C1(C#CCC)CC1C. The summed E-state index contributed by atoms with van der Waals surface area (Å²) in [7, 11) is 0. The van der Waals surface area contributed by atoms with E-state index in [-0.39, 0.29) is 5.41 Å². The summed E-state index contributed by atoms with van der Waals surface area (Å²) in [5.41, 5.74) is 4.95. The molecule has 0 N–H and O–H groups in total. The summed E-state index contributed by atoms with van der Waals surface area (Å²) in [6.07, 6.45) is 5.28. The lowest BCUT2D eigenvalue weighted by atomic mass is 9.92. The lowest BCUT2D eigenvalue weighted by Crippen LogP contribution is -2.03. The van der Waals surface area contributed by atoms with Crippen LogP contribution in [-0.2, 0) is 0 Å². The fraction of sp³-hybridized carbons (Fsp3) is 0.643. The van der Waals surface area contributed by atoms with Gasteiger partial charge in [0.1, 0.15) is 0 Å². The summed E-state index contributed by atoms with van der Waals surface area (Å²) in [5, 5.41) is 0. The highest BCUT2D eigenvalue weighted by molar-refractivity contribution is 5.37. The van der Waals surface area contributed by atoms with Crippen LogP contribution in [0.15, 0.2) is 17.4 Å². The molecule has 2 unspecified atom stereocenters. The number of hydrogen-bond acceptors (Lipinski definition) is 0. The summed E-state index contributed by atoms with van der Waals surface area (Å²) >= 11 is 0. The van der Waals surface area contributed by atoms with Crippen molar-refractivity contribution in [1.29, 1.82) is 0 Å². The van der Waals surface area contributed by atoms with Gasteiger partial charge in [-0.2, -0.15) is 0 Å². The lowest BCUT2D eigenvalue weighted by Gasteiger charge is -2.10. The fourth-order valence-corrected chi connectivity index (χ4v) is 2.06. The van der Waals surface area contributed by atoms with Gasteiger partial charge in [-0.15, -0.1) is 11.7 Å². The van der Waals surface area contributed by atoms with Crippen molar-refractivity contribution in [2.75, 3.05) is 0 Å². The highest BCUT2D eigenvalue weighted by Gasteiger charge is 2.52. The Hall–Kier alpha value is -0.920. The average molecular weight is 188 g/mol. The highest BCUT2D eigenvalue weighted by Crippen LogP contribution is 2.57. The summed E-state index contributed by atoms with van der Waals surface area (Å²) in [4.78, 5) is 0. The van der Waals surface area contributed by atoms with Crippen LogP contribution >= 0.6 is 0 Å². The second-order valence-corrected chi connectivity index (χ2v) is 4.00. The Labute approximate surface area is 88.1 Å². The van der Waals surface area contributed by atoms with Gasteiger partial charge >= 0.3 is 0 Å². The Morgan fingerprint density at radius 2 is 2.14 bits per heavy atom. The van der Waals surface area contributed by atoms with Crippen LogP contribution < -0.4 is 0 Å². The van der Waals surface area contributed by atoms with Crippen LogP contribution in [0.4, 0.5) is 0 Å². The molecule has 0 radical (unpaired) electrons. The molecule has 0 heterocycles. The maximum atomic E-state index is 3.44. The van der Waals surface area contributed by atoms with Crippen molar-refractivity contribution in [2.45, 2.75) is 47.0 Å². The first-order valence-electron chi connectivity index (χ1n) is 5.62. The zero-order valence-electron chi connectivity index (χ0n) is 9.78. The molecule has 2 atom stereocenters. The number of rotatable bonds is 2. The van der Waals surface area contributed by atoms with E-state index >= 15 is 0 Å². The highest BCUT2D eigenvalue weighted by atomic mass is 14.5. The monoisotopic (exact) mass is 188 g/mol. The molecular formula is C14H20. The normalized spacial score (nSPS) is 28.4. The van der Waals surface area contributed by atoms with Gasteiger partial charge in [0, 0.05) is 6.42 Å². The van der Waals surface area contributed by atoms with Gasteiger partial charge in [-0.1, -0.05) is 26.7 Å². The second-order valence-electron chi connectivity index (χ2n) is 4.00. The lowest BCUT2D eigenvalue weighted by molar-refractivity contribution is 0.694. The molecule has 76 valence electrons. The predicted octanol–water partition coefficient (Wildman–Crippen LogP) is 3.94. The Morgan fingerprint density at radius 1 is 1.50 bits per heavy atom. The van der Waals surface area contributed by atoms with E-state index in [2.05, 4.69) is 38.3 Å². The topological polar surface area (TPSA) is 0 Å². The van der Waals surface area contributed by atoms with E-state index in [0.717, 1.165) is 18.8 Å². The molecule has 0 heteroatoms. The van der Waals surface area contributed by atoms with Gasteiger partial charge < -0.3 is 0 Å². The molecule has 1 saturated carbocycles. The molecule has 1 aliphatic rings. The fourth-order valence-electron chi connectivity index (χ4n) is 2.06. The Bertz CT molecular complexity index is 318. The zero-order chi connectivity index (χ0) is 10.6. The third-order valence-corrected chi connectivity index (χ3v) is 3.01. The van der Waals surface area contributed by atoms with Crippen molar-refractivity contribution in [3.63, 3.8) is 0 Å². The van der Waals surface area contributed by atoms with Crippen molar-refractivity contribution in [2.24, 2.45) is 11.3 Å². The number of hydrogen-bond donors (Lipinski definition) is 0. The minimum absolute atomic E-state index is 0.192. The maximum absolute atomic E-state index is 3.44. The van der Waals surface area contributed by atoms with Gasteiger partial charge in [0.2, 0.25) is 0 Å². The van der Waals surface area contributed by atoms with Crippen LogP contribution in [0.25, 0.3) is 0 Å². The predicted molar refractivity (Wildman–Crippen MR) is 61.8 cm³/mol. The van der Waals surface area contributed by atoms with Crippen LogP contribution in [0.3, 0.4) is 0 Å². The quantitative estimate of drug-likeness (QED) is 0.455. The van der Waals surface area contributed by atoms with Gasteiger partial charge in [-0.3, -0.25) is 0 Å². The molecule has 0 spiro atoms. The molecule has 0 aromatic heterocycles. The Kier molecular flexibility index (Phi) is 3.62. The van der Waals surface area contributed by atoms with Crippen molar-refractivity contribution in [3.05, 3.63) is 17.4 Å². The maximum Gasteiger partial charge on any atom is 0.0625 e. The molecule has 1 fully saturated rings. The average Bonchev–Trinajstić information content (AvgIpc) is 2.84. The second kappa shape index (κ2) is 4.54. The van der Waals surface area contributed by atoms with Crippen LogP contribution in [0, 0.1) is 23.2 Å². The molecule has 14 heavy (non-hydrogen) atoms. The zero-order valence-corrected chi connectivity index (χ0v) is 9.78. The molecule has 0 saturated heterocycles. The van der Waals surface area contributed by atoms with Gasteiger partial charge in [-0.25, -0.2) is 0 Å². The minimum atomic E-state index is 0.192. The van der Waals surface area contributed by atoms with Crippen LogP contribution in [-0.4, -0.2) is 0 Å². The first-order chi connectivity index (χ1) is 6.71. The van der Waals surface area contributed by atoms with Gasteiger partial charge in [0.15, 0.2) is 0 Å². The molecule has 0 nitrogen and oxygen atoms in total. The van der Waals surface area contributed by atoms with Crippen molar-refractivity contribution >= 4 is 0 Å². The summed E-state index contributed by atoms with van der Waals surface area (Å²) in [5.74, 6) is 7.39. The van der Waals surface area contributed by atoms with E-state index in [1.165, 1.54) is 12.0 Å². The van der Waals surface area contributed by atoms with Crippen molar-refractivity contribution < 1.29 is 0 Å². The van der Waals surface area contributed by atoms with E-state index in [1.807, 2.05) is 13.0 Å². The van der Waals surface area contributed by atoms with Gasteiger partial charge in [0.05, 0.1) is 5.41 Å². The molecule has 0 amide bonds. The van der Waals surface area contributed by atoms with Crippen molar-refractivity contribution in [3.8, 4) is 11.8 Å². The number of allylic oxidation sites excluding steroid dienone is 1. The molecule has 1 aliphatic carbocycles. The molecule has 1 rings (SSSR count). The standard InChI is InChI=1S/C14H20/c1-5-8-10-14(11-12(14)4)13(7-3)9-6-2/h6,12H,5,7,11H2,1-4H3. The minimum Gasteiger partial charge on any atom is -0.125 e. The van der Waals surface area contributed by atoms with Crippen LogP contribution in [0.5, 0.6) is 0 Å². The molecule has 0 bridgehead atoms. The van der Waals surface area contributed by atoms with Gasteiger partial charge in [-0.05, 0) is 37.3 Å². The summed E-state index contributed by atoms with van der Waals surface area (Å²) < 4.78 is 0. The van der Waals surface area contributed by atoms with E-state index in [1.54, 1.807) is 0 Å². The summed E-state index contributed by atoms with van der Waals surface area (Å²) in [6, 6.07) is 0. The third-order valence-electron chi connectivity index (χ3n) is 3.01. The molecule has 0 aromatic carbocycles. The Balaban J connectivity index is 2.97. The molecule has 0 aromatic rings. The smallest absolute Gasteiger partial charge is 0.0625 e. The summed E-state index contributed by atoms with van der Waals surface area (Å²) in [6.45, 7) is 8.63. The first kappa shape index (κ1) is 11.2. The van der Waals surface area contributed by atoms with E-state index < -0.39 is 0 Å². The van der Waals surface area contributed by atoms with Gasteiger partial charge in [0.25, 0.3) is 0 Å². The molecular weight excluding hydrogens is 168 g/mol. The van der Waals surface area contributed by atoms with E-state index in [9.17, 15) is 0 Å². The van der Waals surface area contributed by atoms with Crippen LogP contribution in [0.2, 0.25) is 0 Å². The largest absolute Gasteiger partial charge is 0.125 e. The van der Waals surface area contributed by atoms with Crippen LogP contribution in [0.1, 0.15) is 47.0 Å².